The number of urea groups is 1. The number of carbonyl (C=O) groups is 2. The molecule has 1 heterocycles. The Balaban J connectivity index is 1.53. The summed E-state index contributed by atoms with van der Waals surface area (Å²) in [5, 5.41) is 4.61. The molecule has 0 aromatic heterocycles. The fourth-order valence-corrected chi connectivity index (χ4v) is 2.93. The third-order valence-corrected chi connectivity index (χ3v) is 4.35. The maximum absolute atomic E-state index is 11.6. The largest absolute Gasteiger partial charge is 0.493 e. The van der Waals surface area contributed by atoms with Gasteiger partial charge in [0.2, 0.25) is 0 Å². The summed E-state index contributed by atoms with van der Waals surface area (Å²) in [6.07, 6.45) is 2.29. The summed E-state index contributed by atoms with van der Waals surface area (Å²) in [6.45, 7) is 5.10. The van der Waals surface area contributed by atoms with E-state index in [0.29, 0.717) is 36.7 Å². The molecule has 29 heavy (non-hydrogen) atoms. The van der Waals surface area contributed by atoms with Crippen molar-refractivity contribution >= 4 is 18.0 Å². The lowest BCUT2D eigenvalue weighted by Crippen LogP contribution is -2.22. The van der Waals surface area contributed by atoms with Gasteiger partial charge in [0.15, 0.2) is 11.5 Å². The molecule has 0 spiro atoms. The van der Waals surface area contributed by atoms with Crippen LogP contribution in [0.2, 0.25) is 0 Å². The van der Waals surface area contributed by atoms with Crippen molar-refractivity contribution in [3.8, 4) is 17.2 Å². The smallest absolute Gasteiger partial charge is 0.326 e. The SMILES string of the molecule is COc1cc(C=C2NC(=O)NC2=O)ccc1OCCCOc1ccc(C)cc1C. The van der Waals surface area contributed by atoms with Crippen LogP contribution >= 0.6 is 0 Å². The van der Waals surface area contributed by atoms with Crippen LogP contribution in [0.25, 0.3) is 6.08 Å². The maximum atomic E-state index is 11.6. The van der Waals surface area contributed by atoms with Crippen molar-refractivity contribution in [2.24, 2.45) is 0 Å². The molecule has 0 radical (unpaired) electrons. The van der Waals surface area contributed by atoms with E-state index >= 15 is 0 Å². The highest BCUT2D eigenvalue weighted by Gasteiger charge is 2.22. The summed E-state index contributed by atoms with van der Waals surface area (Å²) in [5.41, 5.74) is 3.22. The van der Waals surface area contributed by atoms with E-state index in [9.17, 15) is 9.59 Å². The van der Waals surface area contributed by atoms with Gasteiger partial charge >= 0.3 is 6.03 Å². The quantitative estimate of drug-likeness (QED) is 0.406. The van der Waals surface area contributed by atoms with Crippen molar-refractivity contribution in [1.82, 2.24) is 10.6 Å². The highest BCUT2D eigenvalue weighted by atomic mass is 16.5. The monoisotopic (exact) mass is 396 g/mol. The molecule has 0 saturated carbocycles. The lowest BCUT2D eigenvalue weighted by molar-refractivity contribution is -0.115. The number of aryl methyl sites for hydroxylation is 2. The van der Waals surface area contributed by atoms with E-state index in [4.69, 9.17) is 14.2 Å². The van der Waals surface area contributed by atoms with E-state index in [1.165, 1.54) is 5.56 Å². The summed E-state index contributed by atoms with van der Waals surface area (Å²) >= 11 is 0. The number of rotatable bonds is 8. The van der Waals surface area contributed by atoms with Crippen molar-refractivity contribution in [2.75, 3.05) is 20.3 Å². The van der Waals surface area contributed by atoms with Gasteiger partial charge in [-0.05, 0) is 49.2 Å². The maximum Gasteiger partial charge on any atom is 0.326 e. The number of hydrogen-bond donors (Lipinski definition) is 2. The standard InChI is InChI=1S/C22H24N2O5/c1-14-5-7-18(15(2)11-14)28-9-4-10-29-19-8-6-16(13-20(19)27-3)12-17-21(25)24-22(26)23-17/h5-8,11-13H,4,9-10H2,1-3H3,(H2,23,24,25,26). The van der Waals surface area contributed by atoms with Gasteiger partial charge in [0.25, 0.3) is 5.91 Å². The third-order valence-electron chi connectivity index (χ3n) is 4.35. The van der Waals surface area contributed by atoms with Gasteiger partial charge in [0.05, 0.1) is 20.3 Å². The number of benzene rings is 2. The average molecular weight is 396 g/mol. The van der Waals surface area contributed by atoms with Crippen LogP contribution in [0, 0.1) is 13.8 Å². The first-order valence-corrected chi connectivity index (χ1v) is 9.31. The summed E-state index contributed by atoms with van der Waals surface area (Å²) in [4.78, 5) is 22.8. The molecule has 2 aromatic rings. The Hall–Kier alpha value is -3.48. The van der Waals surface area contributed by atoms with Crippen molar-refractivity contribution in [2.45, 2.75) is 20.3 Å². The molecule has 1 fully saturated rings. The van der Waals surface area contributed by atoms with Gasteiger partial charge in [-0.3, -0.25) is 10.1 Å². The highest BCUT2D eigenvalue weighted by molar-refractivity contribution is 6.14. The Bertz CT molecular complexity index is 952. The number of imide groups is 1. The molecule has 152 valence electrons. The number of amides is 3. The molecule has 0 aliphatic carbocycles. The molecule has 7 nitrogen and oxygen atoms in total. The Labute approximate surface area is 169 Å². The molecular weight excluding hydrogens is 372 g/mol. The lowest BCUT2D eigenvalue weighted by atomic mass is 10.1. The summed E-state index contributed by atoms with van der Waals surface area (Å²) in [5.74, 6) is 1.56. The minimum atomic E-state index is -0.531. The first kappa shape index (κ1) is 20.3. The number of carbonyl (C=O) groups excluding carboxylic acids is 2. The third kappa shape index (κ3) is 5.28. The van der Waals surface area contributed by atoms with Crippen molar-refractivity contribution in [3.63, 3.8) is 0 Å². The van der Waals surface area contributed by atoms with E-state index in [-0.39, 0.29) is 5.70 Å². The van der Waals surface area contributed by atoms with Crippen LogP contribution in [0.1, 0.15) is 23.1 Å². The van der Waals surface area contributed by atoms with Gasteiger partial charge in [-0.25, -0.2) is 4.79 Å². The van der Waals surface area contributed by atoms with Crippen LogP contribution in [0.5, 0.6) is 17.2 Å². The first-order chi connectivity index (χ1) is 14.0. The predicted molar refractivity (Wildman–Crippen MR) is 109 cm³/mol. The Morgan fingerprint density at radius 2 is 1.62 bits per heavy atom. The van der Waals surface area contributed by atoms with Gasteiger partial charge in [-0.15, -0.1) is 0 Å². The lowest BCUT2D eigenvalue weighted by Gasteiger charge is -2.13. The van der Waals surface area contributed by atoms with E-state index in [1.54, 1.807) is 31.4 Å². The Kier molecular flexibility index (Phi) is 6.39. The normalized spacial score (nSPS) is 14.5. The zero-order valence-electron chi connectivity index (χ0n) is 16.7. The molecule has 1 saturated heterocycles. The van der Waals surface area contributed by atoms with E-state index in [0.717, 1.165) is 11.3 Å². The molecule has 1 aliphatic rings. The summed E-state index contributed by atoms with van der Waals surface area (Å²) in [7, 11) is 1.55. The molecule has 1 aliphatic heterocycles. The summed E-state index contributed by atoms with van der Waals surface area (Å²) in [6, 6.07) is 10.9. The van der Waals surface area contributed by atoms with Gasteiger partial charge in [-0.1, -0.05) is 23.8 Å². The highest BCUT2D eigenvalue weighted by Crippen LogP contribution is 2.29. The number of hydrogen-bond acceptors (Lipinski definition) is 5. The van der Waals surface area contributed by atoms with Gasteiger partial charge in [0.1, 0.15) is 11.4 Å². The number of methoxy groups -OCH3 is 1. The first-order valence-electron chi connectivity index (χ1n) is 9.31. The molecule has 3 rings (SSSR count). The van der Waals surface area contributed by atoms with Gasteiger partial charge in [-0.2, -0.15) is 0 Å². The zero-order valence-corrected chi connectivity index (χ0v) is 16.7. The van der Waals surface area contributed by atoms with Crippen LogP contribution in [0.4, 0.5) is 4.79 Å². The number of ether oxygens (including phenoxy) is 3. The molecule has 0 unspecified atom stereocenters. The average Bonchev–Trinajstić information content (AvgIpc) is 3.00. The number of nitrogens with one attached hydrogen (secondary N) is 2. The molecule has 7 heteroatoms. The minimum Gasteiger partial charge on any atom is -0.493 e. The van der Waals surface area contributed by atoms with Gasteiger partial charge in [0, 0.05) is 6.42 Å². The molecule has 3 amide bonds. The summed E-state index contributed by atoms with van der Waals surface area (Å²) < 4.78 is 17.0. The van der Waals surface area contributed by atoms with Crippen LogP contribution < -0.4 is 24.8 Å². The second-order valence-corrected chi connectivity index (χ2v) is 6.70. The molecule has 2 aromatic carbocycles. The van der Waals surface area contributed by atoms with Crippen molar-refractivity contribution in [1.29, 1.82) is 0 Å². The topological polar surface area (TPSA) is 85.9 Å². The Morgan fingerprint density at radius 1 is 0.897 bits per heavy atom. The second kappa shape index (κ2) is 9.14. The molecule has 2 N–H and O–H groups in total. The molecule has 0 bridgehead atoms. The van der Waals surface area contributed by atoms with Crippen LogP contribution in [0.3, 0.4) is 0 Å². The molecule has 0 atom stereocenters. The van der Waals surface area contributed by atoms with Crippen molar-refractivity contribution < 1.29 is 23.8 Å². The van der Waals surface area contributed by atoms with Crippen molar-refractivity contribution in [3.05, 3.63) is 58.8 Å². The van der Waals surface area contributed by atoms with Crippen LogP contribution in [-0.2, 0) is 4.79 Å². The van der Waals surface area contributed by atoms with Crippen LogP contribution in [-0.4, -0.2) is 32.3 Å². The van der Waals surface area contributed by atoms with E-state index in [1.807, 2.05) is 19.1 Å². The second-order valence-electron chi connectivity index (χ2n) is 6.70. The molecular formula is C22H24N2O5. The van der Waals surface area contributed by atoms with E-state index in [2.05, 4.69) is 23.6 Å². The Morgan fingerprint density at radius 3 is 2.28 bits per heavy atom. The predicted octanol–water partition coefficient (Wildman–Crippen LogP) is 3.34. The minimum absolute atomic E-state index is 0.189. The fourth-order valence-electron chi connectivity index (χ4n) is 2.93. The van der Waals surface area contributed by atoms with E-state index < -0.39 is 11.9 Å². The van der Waals surface area contributed by atoms with Crippen LogP contribution in [0.15, 0.2) is 42.1 Å². The zero-order chi connectivity index (χ0) is 20.8. The van der Waals surface area contributed by atoms with Gasteiger partial charge < -0.3 is 19.5 Å². The fraction of sp³-hybridized carbons (Fsp3) is 0.273.